The van der Waals surface area contributed by atoms with E-state index < -0.39 is 0 Å². The van der Waals surface area contributed by atoms with E-state index in [0.29, 0.717) is 0 Å². The molecule has 0 saturated carbocycles. The molecule has 3 rings (SSSR count). The predicted molar refractivity (Wildman–Crippen MR) is 93.7 cm³/mol. The monoisotopic (exact) mass is 332 g/mol. The molecule has 0 radical (unpaired) electrons. The first-order valence-corrected chi connectivity index (χ1v) is 9.55. The summed E-state index contributed by atoms with van der Waals surface area (Å²) >= 11 is 3.50. The van der Waals surface area contributed by atoms with Gasteiger partial charge in [0.15, 0.2) is 0 Å². The van der Waals surface area contributed by atoms with Crippen LogP contribution in [0.1, 0.15) is 15.2 Å². The van der Waals surface area contributed by atoms with Crippen LogP contribution < -0.4 is 0 Å². The Morgan fingerprint density at radius 1 is 1.14 bits per heavy atom. The lowest BCUT2D eigenvalue weighted by molar-refractivity contribution is 0.0629. The fourth-order valence-corrected chi connectivity index (χ4v) is 3.80. The molecule has 0 spiro atoms. The van der Waals surface area contributed by atoms with Crippen LogP contribution >= 0.6 is 23.1 Å². The Morgan fingerprint density at radius 3 is 2.45 bits per heavy atom. The van der Waals surface area contributed by atoms with E-state index in [4.69, 9.17) is 0 Å². The summed E-state index contributed by atoms with van der Waals surface area (Å²) in [6.07, 6.45) is 2.05. The maximum atomic E-state index is 12.5. The lowest BCUT2D eigenvalue weighted by Crippen LogP contribution is -2.48. The number of nitrogens with zero attached hydrogens (tertiary/aromatic N) is 2. The van der Waals surface area contributed by atoms with Gasteiger partial charge in [0, 0.05) is 48.1 Å². The van der Waals surface area contributed by atoms with Crippen LogP contribution in [0.15, 0.2) is 46.7 Å². The van der Waals surface area contributed by atoms with Crippen LogP contribution in [0.3, 0.4) is 0 Å². The van der Waals surface area contributed by atoms with Crippen molar-refractivity contribution < 1.29 is 4.79 Å². The molecular formula is C17H20N2OS2. The second-order valence-corrected chi connectivity index (χ2v) is 7.29. The lowest BCUT2D eigenvalue weighted by Gasteiger charge is -2.34. The minimum atomic E-state index is 0.156. The number of thiophene rings is 1. The zero-order valence-corrected chi connectivity index (χ0v) is 14.3. The average molecular weight is 332 g/mol. The number of amides is 1. The molecule has 116 valence electrons. The second kappa shape index (κ2) is 7.31. The highest BCUT2D eigenvalue weighted by Crippen LogP contribution is 2.17. The van der Waals surface area contributed by atoms with Gasteiger partial charge in [0.1, 0.15) is 0 Å². The van der Waals surface area contributed by atoms with Crippen LogP contribution in [0.5, 0.6) is 0 Å². The molecular weight excluding hydrogens is 312 g/mol. The first-order chi connectivity index (χ1) is 10.8. The average Bonchev–Trinajstić information content (AvgIpc) is 3.08. The molecule has 2 aromatic rings. The highest BCUT2D eigenvalue weighted by molar-refractivity contribution is 7.98. The summed E-state index contributed by atoms with van der Waals surface area (Å²) in [5, 5.41) is 2.12. The Balaban J connectivity index is 1.54. The van der Waals surface area contributed by atoms with Gasteiger partial charge in [-0.1, -0.05) is 6.07 Å². The van der Waals surface area contributed by atoms with E-state index in [0.717, 1.165) is 38.3 Å². The minimum Gasteiger partial charge on any atom is -0.336 e. The van der Waals surface area contributed by atoms with Gasteiger partial charge in [-0.2, -0.15) is 0 Å². The van der Waals surface area contributed by atoms with Crippen molar-refractivity contribution in [2.24, 2.45) is 0 Å². The van der Waals surface area contributed by atoms with Gasteiger partial charge in [-0.3, -0.25) is 9.69 Å². The van der Waals surface area contributed by atoms with Crippen molar-refractivity contribution >= 4 is 29.0 Å². The standard InChI is InChI=1S/C17H20N2OS2/c1-21-15-6-4-14(5-7-15)17(20)19-10-8-18(9-11-19)13-16-3-2-12-22-16/h2-7,12H,8-11,13H2,1H3. The maximum absolute atomic E-state index is 12.5. The van der Waals surface area contributed by atoms with E-state index in [1.165, 1.54) is 9.77 Å². The molecule has 0 atom stereocenters. The largest absolute Gasteiger partial charge is 0.336 e. The lowest BCUT2D eigenvalue weighted by atomic mass is 10.2. The molecule has 1 aromatic carbocycles. The van der Waals surface area contributed by atoms with Crippen LogP contribution in [0.2, 0.25) is 0 Å². The van der Waals surface area contributed by atoms with Crippen LogP contribution in [0, 0.1) is 0 Å². The first-order valence-electron chi connectivity index (χ1n) is 7.44. The van der Waals surface area contributed by atoms with Crippen molar-refractivity contribution in [3.05, 3.63) is 52.2 Å². The molecule has 1 aliphatic heterocycles. The Bertz CT molecular complexity index is 602. The third kappa shape index (κ3) is 3.72. The number of rotatable bonds is 4. The van der Waals surface area contributed by atoms with Gasteiger partial charge in [-0.05, 0) is 42.0 Å². The SMILES string of the molecule is CSc1ccc(C(=O)N2CCN(Cc3cccs3)CC2)cc1. The van der Waals surface area contributed by atoms with Crippen molar-refractivity contribution in [1.29, 1.82) is 0 Å². The number of benzene rings is 1. The smallest absolute Gasteiger partial charge is 0.253 e. The van der Waals surface area contributed by atoms with Gasteiger partial charge < -0.3 is 4.90 Å². The molecule has 3 nitrogen and oxygen atoms in total. The Morgan fingerprint density at radius 2 is 1.86 bits per heavy atom. The van der Waals surface area contributed by atoms with Gasteiger partial charge in [0.2, 0.25) is 0 Å². The van der Waals surface area contributed by atoms with E-state index in [1.54, 1.807) is 23.1 Å². The van der Waals surface area contributed by atoms with Crippen LogP contribution in [0.4, 0.5) is 0 Å². The maximum Gasteiger partial charge on any atom is 0.253 e. The quantitative estimate of drug-likeness (QED) is 0.802. The number of hydrogen-bond donors (Lipinski definition) is 0. The first kappa shape index (κ1) is 15.6. The van der Waals surface area contributed by atoms with Crippen molar-refractivity contribution in [2.75, 3.05) is 32.4 Å². The Kier molecular flexibility index (Phi) is 5.18. The number of thioether (sulfide) groups is 1. The van der Waals surface area contributed by atoms with Gasteiger partial charge in [-0.15, -0.1) is 23.1 Å². The molecule has 0 bridgehead atoms. The minimum absolute atomic E-state index is 0.156. The van der Waals surface area contributed by atoms with Gasteiger partial charge in [0.05, 0.1) is 0 Å². The molecule has 22 heavy (non-hydrogen) atoms. The van der Waals surface area contributed by atoms with E-state index in [9.17, 15) is 4.79 Å². The number of carbonyl (C=O) groups is 1. The third-order valence-electron chi connectivity index (χ3n) is 3.96. The Labute approximate surface area is 139 Å². The summed E-state index contributed by atoms with van der Waals surface area (Å²) < 4.78 is 0. The fraction of sp³-hybridized carbons (Fsp3) is 0.353. The van der Waals surface area contributed by atoms with E-state index in [2.05, 4.69) is 22.4 Å². The molecule has 0 aliphatic carbocycles. The van der Waals surface area contributed by atoms with Crippen molar-refractivity contribution in [1.82, 2.24) is 9.80 Å². The number of piperazine rings is 1. The third-order valence-corrected chi connectivity index (χ3v) is 5.56. The molecule has 0 N–H and O–H groups in total. The van der Waals surface area contributed by atoms with Gasteiger partial charge in [0.25, 0.3) is 5.91 Å². The van der Waals surface area contributed by atoms with E-state index >= 15 is 0 Å². The summed E-state index contributed by atoms with van der Waals surface area (Å²) in [4.78, 5) is 19.5. The molecule has 5 heteroatoms. The van der Waals surface area contributed by atoms with Crippen molar-refractivity contribution in [3.8, 4) is 0 Å². The Hall–Kier alpha value is -1.30. The molecule has 1 aromatic heterocycles. The van der Waals surface area contributed by atoms with Crippen LogP contribution in [-0.2, 0) is 6.54 Å². The van der Waals surface area contributed by atoms with Crippen LogP contribution in [0.25, 0.3) is 0 Å². The van der Waals surface area contributed by atoms with Gasteiger partial charge in [-0.25, -0.2) is 0 Å². The zero-order valence-electron chi connectivity index (χ0n) is 12.7. The molecule has 1 fully saturated rings. The van der Waals surface area contributed by atoms with E-state index in [-0.39, 0.29) is 5.91 Å². The fourth-order valence-electron chi connectivity index (χ4n) is 2.65. The summed E-state index contributed by atoms with van der Waals surface area (Å²) in [5.41, 5.74) is 0.796. The molecule has 1 amide bonds. The second-order valence-electron chi connectivity index (χ2n) is 5.38. The van der Waals surface area contributed by atoms with Crippen molar-refractivity contribution in [3.63, 3.8) is 0 Å². The summed E-state index contributed by atoms with van der Waals surface area (Å²) in [6, 6.07) is 12.2. The number of hydrogen-bond acceptors (Lipinski definition) is 4. The molecule has 1 saturated heterocycles. The summed E-state index contributed by atoms with van der Waals surface area (Å²) in [6.45, 7) is 4.53. The number of carbonyl (C=O) groups excluding carboxylic acids is 1. The molecule has 0 unspecified atom stereocenters. The zero-order chi connectivity index (χ0) is 15.4. The highest BCUT2D eigenvalue weighted by atomic mass is 32.2. The van der Waals surface area contributed by atoms with Crippen molar-refractivity contribution in [2.45, 2.75) is 11.4 Å². The molecule has 2 heterocycles. The highest BCUT2D eigenvalue weighted by Gasteiger charge is 2.22. The summed E-state index contributed by atoms with van der Waals surface area (Å²) in [7, 11) is 0. The topological polar surface area (TPSA) is 23.6 Å². The van der Waals surface area contributed by atoms with E-state index in [1.807, 2.05) is 35.4 Å². The van der Waals surface area contributed by atoms with Crippen LogP contribution in [-0.4, -0.2) is 48.1 Å². The van der Waals surface area contributed by atoms with Gasteiger partial charge >= 0.3 is 0 Å². The molecule has 1 aliphatic rings. The predicted octanol–water partition coefficient (Wildman–Crippen LogP) is 3.43. The normalized spacial score (nSPS) is 16.0. The summed E-state index contributed by atoms with van der Waals surface area (Å²) in [5.74, 6) is 0.156.